The fraction of sp³-hybridized carbons (Fsp3) is 0.150. The largest absolute Gasteiger partial charge is 0.367 e. The molecule has 28 heavy (non-hydrogen) atoms. The monoisotopic (exact) mass is 470 g/mol. The number of imidazole rings is 1. The van der Waals surface area contributed by atoms with E-state index in [0.717, 1.165) is 21.2 Å². The summed E-state index contributed by atoms with van der Waals surface area (Å²) in [6.45, 7) is 0.961. The Balaban J connectivity index is 1.63. The highest BCUT2D eigenvalue weighted by Crippen LogP contribution is 2.37. The first-order valence-corrected chi connectivity index (χ1v) is 10.8. The summed E-state index contributed by atoms with van der Waals surface area (Å²) < 4.78 is 9.29. The second kappa shape index (κ2) is 8.62. The number of nitrogens with zero attached hydrogens (tertiary/aromatic N) is 2. The zero-order chi connectivity index (χ0) is 19.7. The van der Waals surface area contributed by atoms with Crippen molar-refractivity contribution in [2.75, 3.05) is 0 Å². The molecule has 0 aliphatic carbocycles. The van der Waals surface area contributed by atoms with E-state index in [-0.39, 0.29) is 6.10 Å². The highest BCUT2D eigenvalue weighted by Gasteiger charge is 2.18. The van der Waals surface area contributed by atoms with Crippen molar-refractivity contribution in [3.63, 3.8) is 0 Å². The second-order valence-electron chi connectivity index (χ2n) is 6.25. The van der Waals surface area contributed by atoms with Crippen molar-refractivity contribution in [1.82, 2.24) is 9.55 Å². The van der Waals surface area contributed by atoms with E-state index in [1.54, 1.807) is 36.0 Å². The van der Waals surface area contributed by atoms with Gasteiger partial charge in [0.2, 0.25) is 0 Å². The van der Waals surface area contributed by atoms with E-state index in [4.69, 9.17) is 51.1 Å². The maximum Gasteiger partial charge on any atom is 0.102 e. The zero-order valence-corrected chi connectivity index (χ0v) is 18.3. The van der Waals surface area contributed by atoms with Crippen molar-refractivity contribution in [3.05, 3.63) is 85.7 Å². The standard InChI is InChI=1S/C20H14Cl4N2OS/c21-13-1-2-15(16(23)5-13)18(8-26-4-3-25-11-26)27-9-12-10-28-19-7-14(22)6-17(24)20(12)19/h1-7,10-11,18H,8-9H2. The van der Waals surface area contributed by atoms with E-state index in [1.165, 1.54) is 0 Å². The second-order valence-corrected chi connectivity index (χ2v) is 8.85. The minimum absolute atomic E-state index is 0.278. The quantitative estimate of drug-likeness (QED) is 0.288. The predicted octanol–water partition coefficient (Wildman–Crippen LogP) is 7.67. The summed E-state index contributed by atoms with van der Waals surface area (Å²) in [4.78, 5) is 4.10. The molecule has 2 aromatic heterocycles. The van der Waals surface area contributed by atoms with Crippen LogP contribution in [-0.4, -0.2) is 9.55 Å². The molecule has 0 radical (unpaired) electrons. The van der Waals surface area contributed by atoms with E-state index in [1.807, 2.05) is 34.3 Å². The van der Waals surface area contributed by atoms with E-state index < -0.39 is 0 Å². The molecule has 4 rings (SSSR count). The van der Waals surface area contributed by atoms with Gasteiger partial charge in [0.1, 0.15) is 6.10 Å². The van der Waals surface area contributed by atoms with Gasteiger partial charge in [-0.1, -0.05) is 52.5 Å². The third-order valence-corrected chi connectivity index (χ3v) is 6.41. The summed E-state index contributed by atoms with van der Waals surface area (Å²) in [6.07, 6.45) is 5.09. The third-order valence-electron chi connectivity index (χ3n) is 4.35. The van der Waals surface area contributed by atoms with Crippen LogP contribution in [0.2, 0.25) is 20.1 Å². The van der Waals surface area contributed by atoms with Crippen molar-refractivity contribution in [1.29, 1.82) is 0 Å². The SMILES string of the molecule is Clc1ccc(C(Cn2ccnc2)OCc2csc3cc(Cl)cc(Cl)c23)c(Cl)c1. The van der Waals surface area contributed by atoms with Gasteiger partial charge in [0.05, 0.1) is 24.5 Å². The van der Waals surface area contributed by atoms with Crippen molar-refractivity contribution < 1.29 is 4.74 Å². The maximum atomic E-state index is 6.44. The molecule has 4 aromatic rings. The minimum Gasteiger partial charge on any atom is -0.367 e. The first kappa shape index (κ1) is 20.0. The number of aromatic nitrogens is 2. The van der Waals surface area contributed by atoms with Crippen LogP contribution in [-0.2, 0) is 17.9 Å². The molecule has 0 saturated heterocycles. The number of hydrogen-bond acceptors (Lipinski definition) is 3. The van der Waals surface area contributed by atoms with Gasteiger partial charge in [-0.05, 0) is 35.2 Å². The zero-order valence-electron chi connectivity index (χ0n) is 14.4. The molecule has 0 saturated carbocycles. The molecule has 0 fully saturated rings. The molecule has 2 aromatic carbocycles. The van der Waals surface area contributed by atoms with Gasteiger partial charge in [-0.2, -0.15) is 0 Å². The van der Waals surface area contributed by atoms with Crippen LogP contribution in [0.1, 0.15) is 17.2 Å². The van der Waals surface area contributed by atoms with Gasteiger partial charge in [0.15, 0.2) is 0 Å². The summed E-state index contributed by atoms with van der Waals surface area (Å²) in [5.41, 5.74) is 1.89. The number of fused-ring (bicyclic) bond motifs is 1. The first-order valence-electron chi connectivity index (χ1n) is 8.38. The van der Waals surface area contributed by atoms with Crippen molar-refractivity contribution in [3.8, 4) is 0 Å². The molecule has 0 spiro atoms. The molecule has 0 aliphatic heterocycles. The summed E-state index contributed by atoms with van der Waals surface area (Å²) in [5, 5.41) is 5.42. The van der Waals surface area contributed by atoms with Crippen LogP contribution >= 0.6 is 57.7 Å². The average molecular weight is 472 g/mol. The van der Waals surface area contributed by atoms with Crippen molar-refractivity contribution in [2.24, 2.45) is 0 Å². The Morgan fingerprint density at radius 2 is 1.86 bits per heavy atom. The number of thiophene rings is 1. The molecule has 1 unspecified atom stereocenters. The van der Waals surface area contributed by atoms with Crippen LogP contribution in [0.5, 0.6) is 0 Å². The van der Waals surface area contributed by atoms with Gasteiger partial charge in [-0.25, -0.2) is 4.98 Å². The number of benzene rings is 2. The van der Waals surface area contributed by atoms with Crippen molar-refractivity contribution in [2.45, 2.75) is 19.3 Å². The lowest BCUT2D eigenvalue weighted by Crippen LogP contribution is -2.12. The topological polar surface area (TPSA) is 27.1 Å². The fourth-order valence-electron chi connectivity index (χ4n) is 3.03. The first-order chi connectivity index (χ1) is 13.5. The molecule has 1 atom stereocenters. The van der Waals surface area contributed by atoms with Crippen molar-refractivity contribution >= 4 is 67.8 Å². The van der Waals surface area contributed by atoms with Gasteiger partial charge in [0, 0.05) is 43.1 Å². The van der Waals surface area contributed by atoms with Gasteiger partial charge < -0.3 is 9.30 Å². The predicted molar refractivity (Wildman–Crippen MR) is 118 cm³/mol. The molecular weight excluding hydrogens is 458 g/mol. The highest BCUT2D eigenvalue weighted by molar-refractivity contribution is 7.17. The van der Waals surface area contributed by atoms with E-state index in [9.17, 15) is 0 Å². The Morgan fingerprint density at radius 3 is 2.61 bits per heavy atom. The number of ether oxygens (including phenoxy) is 1. The fourth-order valence-corrected chi connectivity index (χ4v) is 5.31. The lowest BCUT2D eigenvalue weighted by molar-refractivity contribution is 0.0288. The van der Waals surface area contributed by atoms with E-state index in [2.05, 4.69) is 4.98 Å². The Labute approximate surface area is 186 Å². The molecule has 0 aliphatic rings. The Morgan fingerprint density at radius 1 is 1.04 bits per heavy atom. The minimum atomic E-state index is -0.278. The lowest BCUT2D eigenvalue weighted by Gasteiger charge is -2.20. The van der Waals surface area contributed by atoms with Gasteiger partial charge >= 0.3 is 0 Å². The van der Waals surface area contributed by atoms with Gasteiger partial charge in [-0.15, -0.1) is 11.3 Å². The third kappa shape index (κ3) is 4.33. The molecule has 0 N–H and O–H groups in total. The van der Waals surface area contributed by atoms with E-state index in [0.29, 0.717) is 33.2 Å². The summed E-state index contributed by atoms with van der Waals surface area (Å²) in [5.74, 6) is 0. The van der Waals surface area contributed by atoms with Gasteiger partial charge in [-0.3, -0.25) is 0 Å². The smallest absolute Gasteiger partial charge is 0.102 e. The molecule has 144 valence electrons. The summed E-state index contributed by atoms with van der Waals surface area (Å²) in [7, 11) is 0. The molecular formula is C20H14Cl4N2OS. The average Bonchev–Trinajstić information content (AvgIpc) is 3.28. The number of hydrogen-bond donors (Lipinski definition) is 0. The Bertz CT molecular complexity index is 1110. The molecule has 0 bridgehead atoms. The maximum absolute atomic E-state index is 6.44. The lowest BCUT2D eigenvalue weighted by atomic mass is 10.1. The molecule has 8 heteroatoms. The molecule has 2 heterocycles. The van der Waals surface area contributed by atoms with E-state index >= 15 is 0 Å². The van der Waals surface area contributed by atoms with Gasteiger partial charge in [0.25, 0.3) is 0 Å². The normalized spacial score (nSPS) is 12.6. The molecule has 3 nitrogen and oxygen atoms in total. The Kier molecular flexibility index (Phi) is 6.16. The summed E-state index contributed by atoms with van der Waals surface area (Å²) in [6, 6.07) is 9.09. The van der Waals surface area contributed by atoms with Crippen LogP contribution in [0, 0.1) is 0 Å². The highest BCUT2D eigenvalue weighted by atomic mass is 35.5. The van der Waals surface area contributed by atoms with Crippen LogP contribution < -0.4 is 0 Å². The van der Waals surface area contributed by atoms with Crippen LogP contribution in [0.25, 0.3) is 10.1 Å². The Hall–Kier alpha value is -1.27. The van der Waals surface area contributed by atoms with Crippen LogP contribution in [0.3, 0.4) is 0 Å². The van der Waals surface area contributed by atoms with Crippen LogP contribution in [0.4, 0.5) is 0 Å². The summed E-state index contributed by atoms with van der Waals surface area (Å²) >= 11 is 26.6. The number of rotatable bonds is 6. The molecule has 0 amide bonds. The van der Waals surface area contributed by atoms with Crippen LogP contribution in [0.15, 0.2) is 54.4 Å². The number of halogens is 4.